The molecule has 7 nitrogen and oxygen atoms in total. The highest BCUT2D eigenvalue weighted by Crippen LogP contribution is 2.22. The average Bonchev–Trinajstić information content (AvgIpc) is 3.21. The van der Waals surface area contributed by atoms with Crippen LogP contribution in [-0.4, -0.2) is 53.7 Å². The molecule has 3 aromatic rings. The number of carbonyl (C=O) groups excluding carboxylic acids is 1. The van der Waals surface area contributed by atoms with Crippen LogP contribution in [-0.2, 0) is 4.79 Å². The second-order valence-electron chi connectivity index (χ2n) is 7.59. The van der Waals surface area contributed by atoms with Gasteiger partial charge in [0.15, 0.2) is 5.65 Å². The van der Waals surface area contributed by atoms with Crippen LogP contribution in [0.15, 0.2) is 54.7 Å². The molecule has 152 valence electrons. The lowest BCUT2D eigenvalue weighted by molar-refractivity contribution is -0.125. The van der Waals surface area contributed by atoms with Gasteiger partial charge in [-0.2, -0.15) is 0 Å². The van der Waals surface area contributed by atoms with E-state index in [9.17, 15) is 4.79 Å². The summed E-state index contributed by atoms with van der Waals surface area (Å²) >= 11 is 0. The fourth-order valence-electron chi connectivity index (χ4n) is 3.87. The number of hydrogen-bond acceptors (Lipinski definition) is 5. The number of para-hydroxylation sites is 1. The number of nitrogens with zero attached hydrogens (tertiary/aromatic N) is 5. The van der Waals surface area contributed by atoms with Gasteiger partial charge in [-0.25, -0.2) is 0 Å². The summed E-state index contributed by atoms with van der Waals surface area (Å²) in [6.07, 6.45) is 4.60. The minimum atomic E-state index is 0.0808. The van der Waals surface area contributed by atoms with E-state index in [0.717, 1.165) is 50.5 Å². The summed E-state index contributed by atoms with van der Waals surface area (Å²) in [7, 11) is 2.08. The minimum Gasteiger partial charge on any atom is -0.375 e. The van der Waals surface area contributed by atoms with Crippen molar-refractivity contribution in [3.8, 4) is 0 Å². The number of aromatic nitrogens is 3. The first-order valence-electron chi connectivity index (χ1n) is 10.3. The van der Waals surface area contributed by atoms with Crippen LogP contribution in [0.3, 0.4) is 0 Å². The molecule has 2 aromatic heterocycles. The van der Waals surface area contributed by atoms with Gasteiger partial charge in [0, 0.05) is 51.0 Å². The van der Waals surface area contributed by atoms with E-state index in [-0.39, 0.29) is 11.8 Å². The average molecular weight is 393 g/mol. The van der Waals surface area contributed by atoms with Crippen LogP contribution < -0.4 is 15.1 Å². The lowest BCUT2D eigenvalue weighted by atomic mass is 9.96. The van der Waals surface area contributed by atoms with Gasteiger partial charge in [0.1, 0.15) is 0 Å². The highest BCUT2D eigenvalue weighted by molar-refractivity contribution is 5.78. The molecule has 1 saturated heterocycles. The van der Waals surface area contributed by atoms with Crippen LogP contribution in [0, 0.1) is 5.92 Å². The highest BCUT2D eigenvalue weighted by atomic mass is 16.1. The molecular weight excluding hydrogens is 364 g/mol. The summed E-state index contributed by atoms with van der Waals surface area (Å²) < 4.78 is 2.00. The second-order valence-corrected chi connectivity index (χ2v) is 7.59. The molecule has 1 aliphatic heterocycles. The predicted molar refractivity (Wildman–Crippen MR) is 115 cm³/mol. The summed E-state index contributed by atoms with van der Waals surface area (Å²) in [5.41, 5.74) is 2.05. The number of hydrogen-bond donors (Lipinski definition) is 1. The van der Waals surface area contributed by atoms with Crippen LogP contribution >= 0.6 is 0 Å². The Morgan fingerprint density at radius 1 is 1.10 bits per heavy atom. The second kappa shape index (κ2) is 8.94. The van der Waals surface area contributed by atoms with E-state index in [2.05, 4.69) is 44.5 Å². The summed E-state index contributed by atoms with van der Waals surface area (Å²) in [4.78, 5) is 17.0. The highest BCUT2D eigenvalue weighted by Gasteiger charge is 2.26. The molecule has 4 rings (SSSR count). The molecule has 0 unspecified atom stereocenters. The van der Waals surface area contributed by atoms with Crippen molar-refractivity contribution in [2.75, 3.05) is 43.0 Å². The first-order valence-corrected chi connectivity index (χ1v) is 10.3. The maximum absolute atomic E-state index is 12.5. The van der Waals surface area contributed by atoms with E-state index in [0.29, 0.717) is 6.54 Å². The quantitative estimate of drug-likeness (QED) is 0.626. The molecule has 0 bridgehead atoms. The van der Waals surface area contributed by atoms with Gasteiger partial charge < -0.3 is 15.1 Å². The molecule has 0 aliphatic carbocycles. The Balaban J connectivity index is 1.20. The van der Waals surface area contributed by atoms with Crippen LogP contribution in [0.25, 0.3) is 5.65 Å². The molecule has 1 aromatic carbocycles. The van der Waals surface area contributed by atoms with Gasteiger partial charge in [0.25, 0.3) is 0 Å². The fourth-order valence-corrected chi connectivity index (χ4v) is 3.87. The number of benzene rings is 1. The van der Waals surface area contributed by atoms with Gasteiger partial charge in [0.05, 0.1) is 0 Å². The monoisotopic (exact) mass is 392 g/mol. The number of rotatable bonds is 7. The molecule has 7 heteroatoms. The number of fused-ring (bicyclic) bond motifs is 1. The van der Waals surface area contributed by atoms with E-state index < -0.39 is 0 Å². The van der Waals surface area contributed by atoms with Crippen molar-refractivity contribution >= 4 is 23.2 Å². The first-order chi connectivity index (χ1) is 14.2. The largest absolute Gasteiger partial charge is 0.375 e. The maximum Gasteiger partial charge on any atom is 0.231 e. The molecule has 29 heavy (non-hydrogen) atoms. The number of amides is 1. The predicted octanol–water partition coefficient (Wildman–Crippen LogP) is 2.59. The number of carbonyl (C=O) groups is 1. The van der Waals surface area contributed by atoms with Crippen molar-refractivity contribution in [3.63, 3.8) is 0 Å². The first kappa shape index (κ1) is 19.2. The Hall–Kier alpha value is -3.09. The number of piperidine rings is 1. The summed E-state index contributed by atoms with van der Waals surface area (Å²) in [6, 6.07) is 16.2. The van der Waals surface area contributed by atoms with Crippen LogP contribution in [0.4, 0.5) is 11.6 Å². The molecule has 0 spiro atoms. The topological polar surface area (TPSA) is 65.8 Å². The van der Waals surface area contributed by atoms with E-state index >= 15 is 0 Å². The normalized spacial score (nSPS) is 14.9. The Kier molecular flexibility index (Phi) is 5.93. The molecule has 1 aliphatic rings. The van der Waals surface area contributed by atoms with E-state index in [4.69, 9.17) is 0 Å². The lowest BCUT2D eigenvalue weighted by Crippen LogP contribution is -2.41. The van der Waals surface area contributed by atoms with Gasteiger partial charge in [0.2, 0.25) is 11.9 Å². The minimum absolute atomic E-state index is 0.0808. The molecular formula is C22H28N6O. The van der Waals surface area contributed by atoms with Gasteiger partial charge in [-0.05, 0) is 43.5 Å². The zero-order valence-electron chi connectivity index (χ0n) is 16.9. The van der Waals surface area contributed by atoms with Gasteiger partial charge in [-0.15, -0.1) is 10.2 Å². The van der Waals surface area contributed by atoms with Crippen LogP contribution in [0.1, 0.15) is 19.3 Å². The zero-order valence-corrected chi connectivity index (χ0v) is 16.9. The summed E-state index contributed by atoms with van der Waals surface area (Å²) in [5.74, 6) is 1.12. The Morgan fingerprint density at radius 2 is 1.86 bits per heavy atom. The fraction of sp³-hybridized carbons (Fsp3) is 0.409. The Labute approximate surface area is 171 Å². The zero-order chi connectivity index (χ0) is 20.1. The van der Waals surface area contributed by atoms with Crippen LogP contribution in [0.2, 0.25) is 0 Å². The number of nitrogens with one attached hydrogen (secondary N) is 1. The molecule has 1 N–H and O–H groups in total. The molecule has 1 amide bonds. The molecule has 0 atom stereocenters. The van der Waals surface area contributed by atoms with E-state index in [1.54, 1.807) is 0 Å². The Morgan fingerprint density at radius 3 is 2.66 bits per heavy atom. The van der Waals surface area contributed by atoms with Crippen molar-refractivity contribution in [1.29, 1.82) is 0 Å². The molecule has 0 saturated carbocycles. The van der Waals surface area contributed by atoms with Gasteiger partial charge in [-0.1, -0.05) is 24.3 Å². The summed E-state index contributed by atoms with van der Waals surface area (Å²) in [6.45, 7) is 3.28. The van der Waals surface area contributed by atoms with Crippen molar-refractivity contribution in [1.82, 2.24) is 19.9 Å². The van der Waals surface area contributed by atoms with Gasteiger partial charge in [-0.3, -0.25) is 9.20 Å². The number of anilines is 2. The molecule has 0 radical (unpaired) electrons. The third kappa shape index (κ3) is 4.50. The summed E-state index contributed by atoms with van der Waals surface area (Å²) in [5, 5.41) is 11.7. The third-order valence-corrected chi connectivity index (χ3v) is 5.61. The Bertz CT molecular complexity index is 933. The van der Waals surface area contributed by atoms with Gasteiger partial charge >= 0.3 is 0 Å². The lowest BCUT2D eigenvalue weighted by Gasteiger charge is -2.31. The molecule has 1 fully saturated rings. The van der Waals surface area contributed by atoms with E-state index in [1.807, 2.05) is 47.0 Å². The number of pyridine rings is 1. The molecule has 3 heterocycles. The SMILES string of the molecule is CN(CCCNC(=O)C1CCN(c2nnc3ccccn23)CC1)c1ccccc1. The van der Waals surface area contributed by atoms with Crippen molar-refractivity contribution < 1.29 is 4.79 Å². The van der Waals surface area contributed by atoms with Crippen molar-refractivity contribution in [2.45, 2.75) is 19.3 Å². The maximum atomic E-state index is 12.5. The standard InChI is InChI=1S/C22H28N6O/c1-26(19-8-3-2-4-9-19)14-7-13-23-21(29)18-11-16-27(17-12-18)22-25-24-20-10-5-6-15-28(20)22/h2-6,8-10,15,18H,7,11-14,16-17H2,1H3,(H,23,29). The third-order valence-electron chi connectivity index (χ3n) is 5.61. The van der Waals surface area contributed by atoms with E-state index in [1.165, 1.54) is 5.69 Å². The van der Waals surface area contributed by atoms with Crippen molar-refractivity contribution in [2.24, 2.45) is 5.92 Å². The van der Waals surface area contributed by atoms with Crippen LogP contribution in [0.5, 0.6) is 0 Å². The van der Waals surface area contributed by atoms with Crippen molar-refractivity contribution in [3.05, 3.63) is 54.7 Å². The smallest absolute Gasteiger partial charge is 0.231 e.